The summed E-state index contributed by atoms with van der Waals surface area (Å²) in [5, 5.41) is 5.93. The summed E-state index contributed by atoms with van der Waals surface area (Å²) >= 11 is 0. The first-order valence-electron chi connectivity index (χ1n) is 10.1. The second-order valence-electron chi connectivity index (χ2n) is 6.88. The van der Waals surface area contributed by atoms with Crippen LogP contribution in [0.4, 0.5) is 0 Å². The molecular weight excluding hydrogens is 316 g/mol. The molecule has 2 amide bonds. The van der Waals surface area contributed by atoms with Gasteiger partial charge in [0.2, 0.25) is 11.8 Å². The topological polar surface area (TPSA) is 67.4 Å². The molecule has 0 bridgehead atoms. The molecule has 0 aromatic heterocycles. The maximum Gasteiger partial charge on any atom is 0.228 e. The van der Waals surface area contributed by atoms with E-state index in [0.29, 0.717) is 26.1 Å². The Morgan fingerprint density at radius 3 is 1.92 bits per heavy atom. The van der Waals surface area contributed by atoms with Gasteiger partial charge >= 0.3 is 0 Å². The zero-order valence-corrected chi connectivity index (χ0v) is 17.3. The van der Waals surface area contributed by atoms with Gasteiger partial charge in [-0.15, -0.1) is 0 Å². The van der Waals surface area contributed by atoms with Gasteiger partial charge < -0.3 is 15.4 Å². The van der Waals surface area contributed by atoms with Crippen molar-refractivity contribution in [3.63, 3.8) is 0 Å². The molecule has 25 heavy (non-hydrogen) atoms. The van der Waals surface area contributed by atoms with Gasteiger partial charge in [-0.3, -0.25) is 9.59 Å². The van der Waals surface area contributed by atoms with Crippen molar-refractivity contribution in [3.05, 3.63) is 0 Å². The van der Waals surface area contributed by atoms with E-state index in [-0.39, 0.29) is 17.4 Å². The minimum absolute atomic E-state index is 0.0809. The van der Waals surface area contributed by atoms with Crippen molar-refractivity contribution in [1.82, 2.24) is 10.6 Å². The molecule has 0 saturated heterocycles. The molecule has 0 aliphatic heterocycles. The van der Waals surface area contributed by atoms with Crippen molar-refractivity contribution in [3.8, 4) is 0 Å². The minimum atomic E-state index is -0.475. The Morgan fingerprint density at radius 2 is 1.48 bits per heavy atom. The predicted octanol–water partition coefficient (Wildman–Crippen LogP) is 3.81. The fourth-order valence-electron chi connectivity index (χ4n) is 3.11. The molecule has 0 aliphatic carbocycles. The summed E-state index contributed by atoms with van der Waals surface area (Å²) in [5.74, 6) is 0.180. The largest absolute Gasteiger partial charge is 0.374 e. The summed E-state index contributed by atoms with van der Waals surface area (Å²) in [6.07, 6.45) is 5.44. The molecule has 0 rings (SSSR count). The van der Waals surface area contributed by atoms with Crippen molar-refractivity contribution in [2.24, 2.45) is 5.41 Å². The van der Waals surface area contributed by atoms with Crippen LogP contribution in [0.25, 0.3) is 0 Å². The van der Waals surface area contributed by atoms with Crippen LogP contribution in [0, 0.1) is 5.41 Å². The van der Waals surface area contributed by atoms with Gasteiger partial charge in [0.1, 0.15) is 0 Å². The fraction of sp³-hybridized carbons (Fsp3) is 0.900. The lowest BCUT2D eigenvalue weighted by Gasteiger charge is -2.38. The summed E-state index contributed by atoms with van der Waals surface area (Å²) in [6, 6.07) is 0. The number of nitrogens with one attached hydrogen (secondary N) is 2. The predicted molar refractivity (Wildman–Crippen MR) is 103 cm³/mol. The van der Waals surface area contributed by atoms with Gasteiger partial charge in [-0.2, -0.15) is 0 Å². The first kappa shape index (κ1) is 23.9. The van der Waals surface area contributed by atoms with Crippen molar-refractivity contribution in [2.45, 2.75) is 92.1 Å². The number of amides is 2. The number of carbonyl (C=O) groups is 2. The molecule has 5 heteroatoms. The summed E-state index contributed by atoms with van der Waals surface area (Å²) < 4.78 is 6.37. The maximum atomic E-state index is 12.5. The molecule has 0 unspecified atom stereocenters. The number of hydrogen-bond donors (Lipinski definition) is 2. The first-order valence-corrected chi connectivity index (χ1v) is 10.1. The Bertz CT molecular complexity index is 388. The van der Waals surface area contributed by atoms with Gasteiger partial charge in [0.15, 0.2) is 0 Å². The van der Waals surface area contributed by atoms with E-state index in [9.17, 15) is 9.59 Å². The fourth-order valence-corrected chi connectivity index (χ4v) is 3.11. The van der Waals surface area contributed by atoms with E-state index in [4.69, 9.17) is 4.74 Å². The van der Waals surface area contributed by atoms with Gasteiger partial charge in [-0.1, -0.05) is 34.6 Å². The molecule has 0 spiro atoms. The lowest BCUT2D eigenvalue weighted by atomic mass is 9.81. The van der Waals surface area contributed by atoms with Crippen LogP contribution in [0.1, 0.15) is 86.5 Å². The van der Waals surface area contributed by atoms with Crippen molar-refractivity contribution in [1.29, 1.82) is 0 Å². The molecule has 5 nitrogen and oxygen atoms in total. The number of ether oxygens (including phenoxy) is 1. The number of hydrogen-bond acceptors (Lipinski definition) is 3. The van der Waals surface area contributed by atoms with E-state index >= 15 is 0 Å². The van der Waals surface area contributed by atoms with E-state index in [1.807, 2.05) is 27.7 Å². The smallest absolute Gasteiger partial charge is 0.228 e. The lowest BCUT2D eigenvalue weighted by Crippen LogP contribution is -2.46. The molecule has 0 radical (unpaired) electrons. The Morgan fingerprint density at radius 1 is 0.880 bits per heavy atom. The van der Waals surface area contributed by atoms with Crippen LogP contribution in [0.5, 0.6) is 0 Å². The summed E-state index contributed by atoms with van der Waals surface area (Å²) in [4.78, 5) is 24.2. The summed E-state index contributed by atoms with van der Waals surface area (Å²) in [5.41, 5.74) is -0.765. The van der Waals surface area contributed by atoms with Crippen molar-refractivity contribution >= 4 is 11.8 Å². The van der Waals surface area contributed by atoms with Gasteiger partial charge in [0.25, 0.3) is 0 Å². The summed E-state index contributed by atoms with van der Waals surface area (Å²) in [7, 11) is 0. The van der Waals surface area contributed by atoms with Crippen LogP contribution in [0.3, 0.4) is 0 Å². The van der Waals surface area contributed by atoms with E-state index in [1.54, 1.807) is 0 Å². The van der Waals surface area contributed by atoms with Crippen LogP contribution in [-0.4, -0.2) is 37.1 Å². The molecule has 0 aromatic rings. The highest BCUT2D eigenvalue weighted by Crippen LogP contribution is 2.32. The third-order valence-corrected chi connectivity index (χ3v) is 5.50. The monoisotopic (exact) mass is 356 g/mol. The summed E-state index contributed by atoms with van der Waals surface area (Å²) in [6.45, 7) is 13.9. The Labute approximate surface area is 154 Å². The third-order valence-electron chi connectivity index (χ3n) is 5.50. The number of rotatable bonds is 14. The maximum absolute atomic E-state index is 12.5. The van der Waals surface area contributed by atoms with Gasteiger partial charge in [-0.05, 0) is 45.4 Å². The SMILES string of the molecule is CCCC(=O)NCCC(CC)(CC)OCC(CC)(CC)C(=O)NCC. The van der Waals surface area contributed by atoms with Crippen LogP contribution in [0.15, 0.2) is 0 Å². The molecule has 0 saturated carbocycles. The number of carbonyl (C=O) groups excluding carboxylic acids is 2. The van der Waals surface area contributed by atoms with Crippen LogP contribution >= 0.6 is 0 Å². The van der Waals surface area contributed by atoms with E-state index in [0.717, 1.165) is 38.5 Å². The molecule has 2 N–H and O–H groups in total. The highest BCUT2D eigenvalue weighted by atomic mass is 16.5. The van der Waals surface area contributed by atoms with Gasteiger partial charge in [0.05, 0.1) is 17.6 Å². The van der Waals surface area contributed by atoms with Gasteiger partial charge in [-0.25, -0.2) is 0 Å². The minimum Gasteiger partial charge on any atom is -0.374 e. The van der Waals surface area contributed by atoms with Crippen LogP contribution in [0.2, 0.25) is 0 Å². The molecule has 0 aliphatic rings. The van der Waals surface area contributed by atoms with E-state index in [2.05, 4.69) is 24.5 Å². The van der Waals surface area contributed by atoms with Crippen LogP contribution in [-0.2, 0) is 14.3 Å². The Kier molecular flexibility index (Phi) is 11.7. The normalized spacial score (nSPS) is 12.1. The highest BCUT2D eigenvalue weighted by molar-refractivity contribution is 5.82. The quantitative estimate of drug-likeness (QED) is 0.497. The van der Waals surface area contributed by atoms with Crippen LogP contribution < -0.4 is 10.6 Å². The average Bonchev–Trinajstić information content (AvgIpc) is 2.62. The second-order valence-corrected chi connectivity index (χ2v) is 6.88. The molecule has 0 aromatic carbocycles. The second kappa shape index (κ2) is 12.3. The lowest BCUT2D eigenvalue weighted by molar-refractivity contribution is -0.144. The van der Waals surface area contributed by atoms with Crippen molar-refractivity contribution in [2.75, 3.05) is 19.7 Å². The van der Waals surface area contributed by atoms with Crippen molar-refractivity contribution < 1.29 is 14.3 Å². The molecule has 0 fully saturated rings. The molecule has 0 atom stereocenters. The molecular formula is C20H40N2O3. The zero-order chi connectivity index (χ0) is 19.3. The van der Waals surface area contributed by atoms with E-state index < -0.39 is 5.41 Å². The zero-order valence-electron chi connectivity index (χ0n) is 17.3. The molecule has 0 heterocycles. The first-order chi connectivity index (χ1) is 11.9. The third kappa shape index (κ3) is 7.35. The Hall–Kier alpha value is -1.10. The Balaban J connectivity index is 4.91. The standard InChI is InChI=1S/C20H40N2O3/c1-7-13-17(23)22-15-14-20(10-4,11-5)25-16-19(8-2,9-3)18(24)21-12-6/h7-16H2,1-6H3,(H,21,24)(H,22,23). The average molecular weight is 357 g/mol. The van der Waals surface area contributed by atoms with Gasteiger partial charge in [0, 0.05) is 19.5 Å². The molecule has 148 valence electrons. The highest BCUT2D eigenvalue weighted by Gasteiger charge is 2.38. The van der Waals surface area contributed by atoms with E-state index in [1.165, 1.54) is 0 Å².